The molecule has 0 saturated heterocycles. The second-order valence-electron chi connectivity index (χ2n) is 7.94. The van der Waals surface area contributed by atoms with Crippen LogP contribution in [0, 0.1) is 0 Å². The highest BCUT2D eigenvalue weighted by Crippen LogP contribution is 2.38. The number of amides is 1. The summed E-state index contributed by atoms with van der Waals surface area (Å²) < 4.78 is 11.4. The molecule has 0 spiro atoms. The van der Waals surface area contributed by atoms with Gasteiger partial charge in [-0.2, -0.15) is 0 Å². The number of carbonyl (C=O) groups is 2. The third-order valence-corrected chi connectivity index (χ3v) is 5.77. The molecule has 164 valence electrons. The van der Waals surface area contributed by atoms with Gasteiger partial charge in [-0.1, -0.05) is 84.9 Å². The summed E-state index contributed by atoms with van der Waals surface area (Å²) in [5.41, 5.74) is 4.13. The van der Waals surface area contributed by atoms with Crippen LogP contribution in [0.25, 0.3) is 0 Å². The van der Waals surface area contributed by atoms with Crippen molar-refractivity contribution in [3.63, 3.8) is 0 Å². The summed E-state index contributed by atoms with van der Waals surface area (Å²) in [4.78, 5) is 26.8. The zero-order chi connectivity index (χ0) is 22.3. The number of benzene rings is 3. The van der Waals surface area contributed by atoms with E-state index >= 15 is 0 Å². The lowest BCUT2D eigenvalue weighted by molar-refractivity contribution is -0.147. The Hall–Kier alpha value is -3.60. The summed E-state index contributed by atoms with van der Waals surface area (Å²) in [6.07, 6.45) is 0.398. The van der Waals surface area contributed by atoms with Crippen LogP contribution in [0.4, 0.5) is 4.79 Å². The van der Waals surface area contributed by atoms with E-state index in [0.29, 0.717) is 13.0 Å². The molecule has 4 rings (SSSR count). The highest BCUT2D eigenvalue weighted by molar-refractivity contribution is 5.69. The Labute approximate surface area is 188 Å². The molecule has 1 amide bonds. The van der Waals surface area contributed by atoms with Crippen molar-refractivity contribution in [2.45, 2.75) is 38.5 Å². The Kier molecular flexibility index (Phi) is 6.85. The van der Waals surface area contributed by atoms with Crippen molar-refractivity contribution in [1.82, 2.24) is 4.90 Å². The third-order valence-electron chi connectivity index (χ3n) is 5.77. The Morgan fingerprint density at radius 3 is 2.31 bits per heavy atom. The van der Waals surface area contributed by atoms with Gasteiger partial charge in [0, 0.05) is 19.9 Å². The minimum atomic E-state index is -0.464. The number of rotatable bonds is 6. The quantitative estimate of drug-likeness (QED) is 0.478. The predicted molar refractivity (Wildman–Crippen MR) is 122 cm³/mol. The maximum absolute atomic E-state index is 13.1. The highest BCUT2D eigenvalue weighted by atomic mass is 16.6. The van der Waals surface area contributed by atoms with Crippen molar-refractivity contribution in [1.29, 1.82) is 0 Å². The SMILES string of the molecule is CC(=O)OC(CC1c2ccccc2CCN1C(=O)OCc1ccccc1)c1ccccc1. The molecular formula is C27H27NO4. The van der Waals surface area contributed by atoms with Crippen molar-refractivity contribution in [2.24, 2.45) is 0 Å². The van der Waals surface area contributed by atoms with Crippen LogP contribution in [0.1, 0.15) is 47.7 Å². The molecule has 32 heavy (non-hydrogen) atoms. The molecule has 5 nitrogen and oxygen atoms in total. The van der Waals surface area contributed by atoms with E-state index in [1.54, 1.807) is 4.90 Å². The van der Waals surface area contributed by atoms with E-state index in [-0.39, 0.29) is 24.7 Å². The van der Waals surface area contributed by atoms with Crippen LogP contribution in [0.2, 0.25) is 0 Å². The van der Waals surface area contributed by atoms with Crippen molar-refractivity contribution >= 4 is 12.1 Å². The van der Waals surface area contributed by atoms with Gasteiger partial charge in [0.15, 0.2) is 0 Å². The molecule has 2 unspecified atom stereocenters. The molecule has 0 saturated carbocycles. The van der Waals surface area contributed by atoms with Gasteiger partial charge in [-0.25, -0.2) is 4.79 Å². The van der Waals surface area contributed by atoms with E-state index in [1.165, 1.54) is 12.5 Å². The smallest absolute Gasteiger partial charge is 0.410 e. The second-order valence-corrected chi connectivity index (χ2v) is 7.94. The van der Waals surface area contributed by atoms with Crippen molar-refractivity contribution < 1.29 is 19.1 Å². The Morgan fingerprint density at radius 2 is 1.59 bits per heavy atom. The molecule has 1 aliphatic rings. The first-order valence-corrected chi connectivity index (χ1v) is 10.9. The first kappa shape index (κ1) is 21.6. The lowest BCUT2D eigenvalue weighted by Gasteiger charge is -2.38. The fourth-order valence-electron chi connectivity index (χ4n) is 4.25. The monoisotopic (exact) mass is 429 g/mol. The lowest BCUT2D eigenvalue weighted by Crippen LogP contribution is -2.41. The normalized spacial score (nSPS) is 16.0. The largest absolute Gasteiger partial charge is 0.458 e. The number of fused-ring (bicyclic) bond motifs is 1. The number of nitrogens with zero attached hydrogens (tertiary/aromatic N) is 1. The molecule has 0 bridgehead atoms. The highest BCUT2D eigenvalue weighted by Gasteiger charge is 2.34. The lowest BCUT2D eigenvalue weighted by atomic mass is 9.88. The second kappa shape index (κ2) is 10.1. The molecule has 2 atom stereocenters. The van der Waals surface area contributed by atoms with Crippen LogP contribution in [0.3, 0.4) is 0 Å². The molecule has 0 aromatic heterocycles. The van der Waals surface area contributed by atoms with Gasteiger partial charge in [0.1, 0.15) is 12.7 Å². The van der Waals surface area contributed by atoms with Crippen LogP contribution in [-0.4, -0.2) is 23.5 Å². The van der Waals surface area contributed by atoms with E-state index in [9.17, 15) is 9.59 Å². The fourth-order valence-corrected chi connectivity index (χ4v) is 4.25. The fraction of sp³-hybridized carbons (Fsp3) is 0.259. The van der Waals surface area contributed by atoms with Crippen LogP contribution < -0.4 is 0 Å². The molecule has 0 fully saturated rings. The van der Waals surface area contributed by atoms with Gasteiger partial charge in [-0.05, 0) is 28.7 Å². The van der Waals surface area contributed by atoms with Gasteiger partial charge in [0.25, 0.3) is 0 Å². The molecule has 0 radical (unpaired) electrons. The van der Waals surface area contributed by atoms with Crippen LogP contribution in [0.15, 0.2) is 84.9 Å². The van der Waals surface area contributed by atoms with Gasteiger partial charge in [0.05, 0.1) is 6.04 Å². The summed E-state index contributed by atoms with van der Waals surface area (Å²) in [5.74, 6) is -0.346. The topological polar surface area (TPSA) is 55.8 Å². The summed E-state index contributed by atoms with van der Waals surface area (Å²) in [6, 6.07) is 27.2. The van der Waals surface area contributed by atoms with Crippen molar-refractivity contribution in [3.05, 3.63) is 107 Å². The first-order valence-electron chi connectivity index (χ1n) is 10.9. The van der Waals surface area contributed by atoms with Gasteiger partial charge >= 0.3 is 12.1 Å². The molecule has 0 N–H and O–H groups in total. The molecule has 1 heterocycles. The van der Waals surface area contributed by atoms with E-state index in [1.807, 2.05) is 78.9 Å². The maximum Gasteiger partial charge on any atom is 0.410 e. The number of carbonyl (C=O) groups excluding carboxylic acids is 2. The Bertz CT molecular complexity index is 1050. The standard InChI is InChI=1S/C27H27NO4/c1-20(29)32-26(23-13-6-3-7-14-23)18-25-24-15-9-8-12-22(24)16-17-28(25)27(30)31-19-21-10-4-2-5-11-21/h2-15,25-26H,16-19H2,1H3. The molecule has 5 heteroatoms. The summed E-state index contributed by atoms with van der Waals surface area (Å²) in [6.45, 7) is 2.18. The zero-order valence-corrected chi connectivity index (χ0v) is 18.1. The molecule has 3 aromatic carbocycles. The molecule has 3 aromatic rings. The van der Waals surface area contributed by atoms with E-state index in [2.05, 4.69) is 6.07 Å². The van der Waals surface area contributed by atoms with Crippen molar-refractivity contribution in [3.8, 4) is 0 Å². The number of esters is 1. The summed E-state index contributed by atoms with van der Waals surface area (Å²) >= 11 is 0. The summed E-state index contributed by atoms with van der Waals surface area (Å²) in [7, 11) is 0. The van der Waals surface area contributed by atoms with E-state index in [4.69, 9.17) is 9.47 Å². The minimum absolute atomic E-state index is 0.219. The molecule has 1 aliphatic heterocycles. The van der Waals surface area contributed by atoms with Crippen LogP contribution in [-0.2, 0) is 27.3 Å². The van der Waals surface area contributed by atoms with E-state index < -0.39 is 6.10 Å². The average molecular weight is 430 g/mol. The summed E-state index contributed by atoms with van der Waals surface area (Å²) in [5, 5.41) is 0. The number of ether oxygens (including phenoxy) is 2. The van der Waals surface area contributed by atoms with Gasteiger partial charge in [-0.15, -0.1) is 0 Å². The van der Waals surface area contributed by atoms with E-state index in [0.717, 1.165) is 23.1 Å². The predicted octanol–water partition coefficient (Wildman–Crippen LogP) is 5.62. The third kappa shape index (κ3) is 5.17. The van der Waals surface area contributed by atoms with Gasteiger partial charge < -0.3 is 14.4 Å². The zero-order valence-electron chi connectivity index (χ0n) is 18.1. The first-order chi connectivity index (χ1) is 15.6. The van der Waals surface area contributed by atoms with Crippen LogP contribution in [0.5, 0.6) is 0 Å². The Balaban J connectivity index is 1.59. The molecular weight excluding hydrogens is 402 g/mol. The van der Waals surface area contributed by atoms with Gasteiger partial charge in [-0.3, -0.25) is 4.79 Å². The average Bonchev–Trinajstić information content (AvgIpc) is 2.83. The van der Waals surface area contributed by atoms with Crippen molar-refractivity contribution in [2.75, 3.05) is 6.54 Å². The molecule has 0 aliphatic carbocycles. The maximum atomic E-state index is 13.1. The number of hydrogen-bond donors (Lipinski definition) is 0. The Morgan fingerprint density at radius 1 is 0.938 bits per heavy atom. The van der Waals surface area contributed by atoms with Crippen LogP contribution >= 0.6 is 0 Å². The minimum Gasteiger partial charge on any atom is -0.458 e. The van der Waals surface area contributed by atoms with Gasteiger partial charge in [0.2, 0.25) is 0 Å². The number of hydrogen-bond acceptors (Lipinski definition) is 4.